The predicted molar refractivity (Wildman–Crippen MR) is 94.2 cm³/mol. The third-order valence-electron chi connectivity index (χ3n) is 3.31. The molecule has 0 atom stereocenters. The minimum absolute atomic E-state index is 1.26. The van der Waals surface area contributed by atoms with Crippen LogP contribution in [0.15, 0.2) is 12.1 Å². The van der Waals surface area contributed by atoms with Gasteiger partial charge in [0.05, 0.1) is 24.2 Å². The summed E-state index contributed by atoms with van der Waals surface area (Å²) >= 11 is 0. The van der Waals surface area contributed by atoms with E-state index < -0.39 is 24.2 Å². The molecule has 0 unspecified atom stereocenters. The van der Waals surface area contributed by atoms with E-state index in [4.69, 9.17) is 0 Å². The second-order valence-corrected chi connectivity index (χ2v) is 23.4. The van der Waals surface area contributed by atoms with E-state index in [1.165, 1.54) is 0 Å². The molecular weight excluding hydrogens is 264 g/mol. The van der Waals surface area contributed by atoms with Crippen molar-refractivity contribution in [3.63, 3.8) is 0 Å². The number of benzene rings is 1. The summed E-state index contributed by atoms with van der Waals surface area (Å²) in [5.41, 5.74) is 0. The zero-order chi connectivity index (χ0) is 14.4. The molecule has 18 heavy (non-hydrogen) atoms. The van der Waals surface area contributed by atoms with Gasteiger partial charge >= 0.3 is 0 Å². The third-order valence-corrected chi connectivity index (χ3v) is 9.75. The Labute approximate surface area is 117 Å². The highest BCUT2D eigenvalue weighted by molar-refractivity contribution is 7.03. The van der Waals surface area contributed by atoms with E-state index in [0.29, 0.717) is 0 Å². The monoisotopic (exact) mass is 293 g/mol. The van der Waals surface area contributed by atoms with Crippen molar-refractivity contribution in [2.45, 2.75) is 58.9 Å². The lowest BCUT2D eigenvalue weighted by Gasteiger charge is -2.34. The molecule has 1 aromatic rings. The van der Waals surface area contributed by atoms with Crippen LogP contribution in [0.4, 0.5) is 0 Å². The molecule has 0 aromatic heterocycles. The van der Waals surface area contributed by atoms with Crippen LogP contribution >= 0.6 is 0 Å². The van der Waals surface area contributed by atoms with Gasteiger partial charge in [0.25, 0.3) is 0 Å². The van der Waals surface area contributed by atoms with E-state index in [2.05, 4.69) is 77.1 Å². The smallest absolute Gasteiger partial charge is 0.0656 e. The van der Waals surface area contributed by atoms with Gasteiger partial charge < -0.3 is 0 Å². The molecule has 0 heterocycles. The first-order chi connectivity index (χ1) is 7.85. The lowest BCUT2D eigenvalue weighted by Crippen LogP contribution is -2.66. The molecule has 0 nitrogen and oxygen atoms in total. The Kier molecular flexibility index (Phi) is 4.21. The summed E-state index contributed by atoms with van der Waals surface area (Å²) in [4.78, 5) is 0. The molecule has 1 rings (SSSR count). The van der Waals surface area contributed by atoms with E-state index in [1.54, 1.807) is 15.6 Å². The normalized spacial score (nSPS) is 13.8. The summed E-state index contributed by atoms with van der Waals surface area (Å²) in [5, 5.41) is 5.03. The summed E-state index contributed by atoms with van der Waals surface area (Å²) in [6.45, 7) is 22.2. The van der Waals surface area contributed by atoms with Crippen molar-refractivity contribution < 1.29 is 0 Å². The van der Waals surface area contributed by atoms with Crippen LogP contribution in [-0.2, 0) is 0 Å². The first-order valence-electron chi connectivity index (χ1n) is 6.91. The van der Waals surface area contributed by atoms with Crippen molar-refractivity contribution in [1.29, 1.82) is 0 Å². The Bertz CT molecular complexity index is 396. The van der Waals surface area contributed by atoms with Crippen LogP contribution in [0, 0.1) is 6.07 Å². The molecule has 0 aliphatic rings. The largest absolute Gasteiger partial charge is 0.0782 e. The van der Waals surface area contributed by atoms with Crippen molar-refractivity contribution >= 4 is 39.8 Å². The van der Waals surface area contributed by atoms with Crippen LogP contribution in [0.1, 0.15) is 0 Å². The van der Waals surface area contributed by atoms with Gasteiger partial charge in [0.1, 0.15) is 0 Å². The van der Waals surface area contributed by atoms with Crippen molar-refractivity contribution in [1.82, 2.24) is 0 Å². The number of hydrogen-bond donors (Lipinski definition) is 0. The Hall–Kier alpha value is -0.129. The van der Waals surface area contributed by atoms with Crippen LogP contribution in [-0.4, -0.2) is 24.2 Å². The maximum absolute atomic E-state index is 3.61. The first kappa shape index (κ1) is 15.9. The fourth-order valence-corrected chi connectivity index (χ4v) is 11.7. The second kappa shape index (κ2) is 4.76. The van der Waals surface area contributed by atoms with E-state index in [-0.39, 0.29) is 0 Å². The second-order valence-electron chi connectivity index (χ2n) is 8.39. The zero-order valence-corrected chi connectivity index (χ0v) is 16.7. The van der Waals surface area contributed by atoms with Gasteiger partial charge in [-0.05, 0) is 6.07 Å². The van der Waals surface area contributed by atoms with E-state index in [0.717, 1.165) is 0 Å². The topological polar surface area (TPSA) is 0 Å². The maximum Gasteiger partial charge on any atom is 0.0782 e. The highest BCUT2D eigenvalue weighted by Gasteiger charge is 2.33. The van der Waals surface area contributed by atoms with Crippen molar-refractivity contribution in [3.8, 4) is 0 Å². The van der Waals surface area contributed by atoms with Crippen LogP contribution < -0.4 is 15.6 Å². The third kappa shape index (κ3) is 3.46. The minimum Gasteiger partial charge on any atom is -0.0656 e. The first-order valence-corrected chi connectivity index (χ1v) is 17.4. The molecule has 3 heteroatoms. The molecule has 0 saturated heterocycles. The average molecular weight is 294 g/mol. The van der Waals surface area contributed by atoms with Gasteiger partial charge in [-0.1, -0.05) is 86.6 Å². The Balaban J connectivity index is 3.68. The van der Waals surface area contributed by atoms with Gasteiger partial charge in [0.15, 0.2) is 0 Å². The van der Waals surface area contributed by atoms with Gasteiger partial charge in [-0.25, -0.2) is 0 Å². The van der Waals surface area contributed by atoms with Gasteiger partial charge in [0.2, 0.25) is 0 Å². The zero-order valence-electron chi connectivity index (χ0n) is 13.7. The SMILES string of the molecule is C[Si](C)(C)c1[c]ccc([Si](C)(C)C)c1[Si](C)(C)C. The molecule has 0 fully saturated rings. The Morgan fingerprint density at radius 3 is 1.56 bits per heavy atom. The summed E-state index contributed by atoms with van der Waals surface area (Å²) in [7, 11) is -3.86. The minimum atomic E-state index is -1.30. The average Bonchev–Trinajstić information content (AvgIpc) is 2.12. The number of hydrogen-bond acceptors (Lipinski definition) is 0. The van der Waals surface area contributed by atoms with Gasteiger partial charge in [-0.15, -0.1) is 0 Å². The van der Waals surface area contributed by atoms with Crippen molar-refractivity contribution in [3.05, 3.63) is 18.2 Å². The Morgan fingerprint density at radius 1 is 0.722 bits per heavy atom. The van der Waals surface area contributed by atoms with Gasteiger partial charge in [0, 0.05) is 0 Å². The molecule has 1 radical (unpaired) electrons. The molecule has 0 N–H and O–H groups in total. The molecule has 0 aliphatic carbocycles. The maximum atomic E-state index is 3.61. The van der Waals surface area contributed by atoms with E-state index >= 15 is 0 Å². The van der Waals surface area contributed by atoms with Crippen LogP contribution in [0.2, 0.25) is 58.9 Å². The molecule has 0 aliphatic heterocycles. The molecule has 0 bridgehead atoms. The van der Waals surface area contributed by atoms with Gasteiger partial charge in [-0.2, -0.15) is 0 Å². The van der Waals surface area contributed by atoms with Gasteiger partial charge in [-0.3, -0.25) is 0 Å². The number of rotatable bonds is 3. The highest BCUT2D eigenvalue weighted by Crippen LogP contribution is 2.09. The standard InChI is InChI=1S/C15H29Si3/c1-16(2,3)13-11-10-12-14(17(4,5)6)15(13)18(7,8)9/h10-11H,1-9H3. The summed E-state index contributed by atoms with van der Waals surface area (Å²) in [6.07, 6.45) is 0. The van der Waals surface area contributed by atoms with Crippen LogP contribution in [0.3, 0.4) is 0 Å². The Morgan fingerprint density at radius 2 is 1.22 bits per heavy atom. The molecule has 1 aromatic carbocycles. The lowest BCUT2D eigenvalue weighted by molar-refractivity contribution is 1.64. The summed E-state index contributed by atoms with van der Waals surface area (Å²) < 4.78 is 0. The quantitative estimate of drug-likeness (QED) is 0.751. The molecule has 101 valence electrons. The van der Waals surface area contributed by atoms with E-state index in [9.17, 15) is 0 Å². The van der Waals surface area contributed by atoms with E-state index in [1.807, 2.05) is 0 Å². The lowest BCUT2D eigenvalue weighted by atomic mass is 10.3. The van der Waals surface area contributed by atoms with Crippen molar-refractivity contribution in [2.75, 3.05) is 0 Å². The van der Waals surface area contributed by atoms with Crippen LogP contribution in [0.25, 0.3) is 0 Å². The highest BCUT2D eigenvalue weighted by atomic mass is 28.3. The molecular formula is C15H29Si3. The fraction of sp³-hybridized carbons (Fsp3) is 0.600. The summed E-state index contributed by atoms with van der Waals surface area (Å²) in [6, 6.07) is 8.16. The molecule has 0 spiro atoms. The van der Waals surface area contributed by atoms with Crippen molar-refractivity contribution in [2.24, 2.45) is 0 Å². The summed E-state index contributed by atoms with van der Waals surface area (Å²) in [5.74, 6) is 0. The predicted octanol–water partition coefficient (Wildman–Crippen LogP) is 3.12. The van der Waals surface area contributed by atoms with Crippen LogP contribution in [0.5, 0.6) is 0 Å². The molecule has 0 saturated carbocycles. The fourth-order valence-electron chi connectivity index (χ4n) is 2.49. The molecule has 0 amide bonds.